The van der Waals surface area contributed by atoms with Gasteiger partial charge in [0.15, 0.2) is 0 Å². The van der Waals surface area contributed by atoms with Gasteiger partial charge in [0.1, 0.15) is 5.75 Å². The van der Waals surface area contributed by atoms with E-state index in [2.05, 4.69) is 5.32 Å². The van der Waals surface area contributed by atoms with Gasteiger partial charge < -0.3 is 10.1 Å². The Balaban J connectivity index is 1.47. The third-order valence-electron chi connectivity index (χ3n) is 5.42. The summed E-state index contributed by atoms with van der Waals surface area (Å²) in [5.74, 6) is 1.98. The maximum Gasteiger partial charge on any atom is 0.243 e. The van der Waals surface area contributed by atoms with Crippen molar-refractivity contribution < 1.29 is 17.9 Å². The molecule has 0 aromatic heterocycles. The molecule has 2 aromatic rings. The molecule has 0 bridgehead atoms. The molecule has 0 spiro atoms. The second-order valence-corrected chi connectivity index (χ2v) is 11.6. The van der Waals surface area contributed by atoms with Gasteiger partial charge in [0.25, 0.3) is 0 Å². The number of rotatable bonds is 11. The van der Waals surface area contributed by atoms with Crippen LogP contribution in [-0.4, -0.2) is 51.1 Å². The molecule has 10 heteroatoms. The van der Waals surface area contributed by atoms with Gasteiger partial charge in [-0.1, -0.05) is 29.3 Å². The summed E-state index contributed by atoms with van der Waals surface area (Å²) in [6.45, 7) is 1.64. The summed E-state index contributed by atoms with van der Waals surface area (Å²) in [4.78, 5) is 12.6. The zero-order valence-corrected chi connectivity index (χ0v) is 21.6. The Hall–Kier alpha value is -1.45. The van der Waals surface area contributed by atoms with Crippen molar-refractivity contribution in [3.8, 4) is 5.75 Å². The van der Waals surface area contributed by atoms with Crippen LogP contribution in [0.2, 0.25) is 10.0 Å². The SMILES string of the molecule is COc1ccc(S(=O)(=O)N2CCCC2)cc1CCC(=O)NCCSCc1ccc(Cl)cc1Cl. The van der Waals surface area contributed by atoms with Crippen molar-refractivity contribution in [2.75, 3.05) is 32.5 Å². The topological polar surface area (TPSA) is 75.7 Å². The maximum atomic E-state index is 12.9. The molecular formula is C23H28Cl2N2O4S2. The first-order valence-corrected chi connectivity index (χ1v) is 14.1. The zero-order chi connectivity index (χ0) is 23.8. The summed E-state index contributed by atoms with van der Waals surface area (Å²) in [7, 11) is -1.98. The molecule has 0 atom stereocenters. The highest BCUT2D eigenvalue weighted by Crippen LogP contribution is 2.27. The average Bonchev–Trinajstić information content (AvgIpc) is 3.34. The number of carbonyl (C=O) groups is 1. The third kappa shape index (κ3) is 7.26. The molecule has 33 heavy (non-hydrogen) atoms. The van der Waals surface area contributed by atoms with E-state index in [9.17, 15) is 13.2 Å². The molecule has 1 amide bonds. The van der Waals surface area contributed by atoms with E-state index in [1.807, 2.05) is 12.1 Å². The Labute approximate surface area is 210 Å². The molecule has 1 aliphatic heterocycles. The van der Waals surface area contributed by atoms with Gasteiger partial charge in [-0.2, -0.15) is 16.1 Å². The molecule has 1 heterocycles. The van der Waals surface area contributed by atoms with Crippen molar-refractivity contribution in [3.05, 3.63) is 57.6 Å². The average molecular weight is 532 g/mol. The number of carbonyl (C=O) groups excluding carboxylic acids is 1. The number of hydrogen-bond donors (Lipinski definition) is 1. The summed E-state index contributed by atoms with van der Waals surface area (Å²) in [5, 5.41) is 4.16. The van der Waals surface area contributed by atoms with E-state index in [0.717, 1.165) is 29.9 Å². The molecule has 0 unspecified atom stereocenters. The molecule has 0 radical (unpaired) electrons. The molecule has 0 aliphatic carbocycles. The van der Waals surface area contributed by atoms with E-state index in [1.54, 1.807) is 36.0 Å². The van der Waals surface area contributed by atoms with Gasteiger partial charge in [-0.05, 0) is 60.7 Å². The largest absolute Gasteiger partial charge is 0.496 e. The highest BCUT2D eigenvalue weighted by molar-refractivity contribution is 7.98. The maximum absolute atomic E-state index is 12.9. The van der Waals surface area contributed by atoms with Gasteiger partial charge in [-0.15, -0.1) is 0 Å². The number of aryl methyl sites for hydroxylation is 1. The Kier molecular flexibility index (Phi) is 9.76. The third-order valence-corrected chi connectivity index (χ3v) is 8.91. The van der Waals surface area contributed by atoms with Gasteiger partial charge >= 0.3 is 0 Å². The van der Waals surface area contributed by atoms with Crippen LogP contribution in [0.3, 0.4) is 0 Å². The molecule has 3 rings (SSSR count). The van der Waals surface area contributed by atoms with Crippen LogP contribution < -0.4 is 10.1 Å². The lowest BCUT2D eigenvalue weighted by Gasteiger charge is -2.17. The monoisotopic (exact) mass is 530 g/mol. The molecule has 1 aliphatic rings. The van der Waals surface area contributed by atoms with E-state index < -0.39 is 10.0 Å². The van der Waals surface area contributed by atoms with Crippen LogP contribution in [-0.2, 0) is 27.0 Å². The number of thioether (sulfide) groups is 1. The lowest BCUT2D eigenvalue weighted by Crippen LogP contribution is -2.28. The van der Waals surface area contributed by atoms with Crippen molar-refractivity contribution in [3.63, 3.8) is 0 Å². The van der Waals surface area contributed by atoms with E-state index in [4.69, 9.17) is 27.9 Å². The highest BCUT2D eigenvalue weighted by Gasteiger charge is 2.27. The Morgan fingerprint density at radius 3 is 2.58 bits per heavy atom. The van der Waals surface area contributed by atoms with Crippen LogP contribution in [0.4, 0.5) is 0 Å². The van der Waals surface area contributed by atoms with Crippen LogP contribution in [0.5, 0.6) is 5.75 Å². The Bertz CT molecular complexity index is 1070. The van der Waals surface area contributed by atoms with Gasteiger partial charge in [0.2, 0.25) is 15.9 Å². The first-order valence-electron chi connectivity index (χ1n) is 10.8. The molecule has 0 saturated carbocycles. The lowest BCUT2D eigenvalue weighted by atomic mass is 10.1. The minimum Gasteiger partial charge on any atom is -0.496 e. The first-order chi connectivity index (χ1) is 15.8. The minimum atomic E-state index is -3.52. The minimum absolute atomic E-state index is 0.0880. The van der Waals surface area contributed by atoms with E-state index >= 15 is 0 Å². The number of benzene rings is 2. The van der Waals surface area contributed by atoms with Crippen LogP contribution in [0.15, 0.2) is 41.3 Å². The number of hydrogen-bond acceptors (Lipinski definition) is 5. The molecule has 1 saturated heterocycles. The number of halogens is 2. The fraction of sp³-hybridized carbons (Fsp3) is 0.435. The molecule has 1 fully saturated rings. The number of amides is 1. The Morgan fingerprint density at radius 2 is 1.88 bits per heavy atom. The molecule has 2 aromatic carbocycles. The van der Waals surface area contributed by atoms with Crippen LogP contribution >= 0.6 is 35.0 Å². The summed E-state index contributed by atoms with van der Waals surface area (Å²) in [5.41, 5.74) is 1.72. The Morgan fingerprint density at radius 1 is 1.12 bits per heavy atom. The first kappa shape index (κ1) is 26.2. The quantitative estimate of drug-likeness (QED) is 0.423. The van der Waals surface area contributed by atoms with Crippen molar-refractivity contribution in [2.45, 2.75) is 36.3 Å². The smallest absolute Gasteiger partial charge is 0.243 e. The predicted octanol–water partition coefficient (Wildman–Crippen LogP) is 4.77. The number of nitrogens with zero attached hydrogens (tertiary/aromatic N) is 1. The summed E-state index contributed by atoms with van der Waals surface area (Å²) in [6.07, 6.45) is 2.41. The second kappa shape index (κ2) is 12.3. The fourth-order valence-corrected chi connectivity index (χ4v) is 6.59. The van der Waals surface area contributed by atoms with Crippen molar-refractivity contribution in [2.24, 2.45) is 0 Å². The van der Waals surface area contributed by atoms with Crippen molar-refractivity contribution >= 4 is 50.9 Å². The normalized spacial score (nSPS) is 14.4. The highest BCUT2D eigenvalue weighted by atomic mass is 35.5. The lowest BCUT2D eigenvalue weighted by molar-refractivity contribution is -0.120. The molecule has 180 valence electrons. The van der Waals surface area contributed by atoms with E-state index in [0.29, 0.717) is 47.4 Å². The summed E-state index contributed by atoms with van der Waals surface area (Å²) >= 11 is 13.8. The van der Waals surface area contributed by atoms with Crippen LogP contribution in [0.1, 0.15) is 30.4 Å². The van der Waals surface area contributed by atoms with Gasteiger partial charge in [-0.3, -0.25) is 4.79 Å². The molecule has 6 nitrogen and oxygen atoms in total. The van der Waals surface area contributed by atoms with Gasteiger partial charge in [-0.25, -0.2) is 8.42 Å². The van der Waals surface area contributed by atoms with Crippen molar-refractivity contribution in [1.82, 2.24) is 9.62 Å². The van der Waals surface area contributed by atoms with Gasteiger partial charge in [0.05, 0.1) is 12.0 Å². The van der Waals surface area contributed by atoms with Crippen LogP contribution in [0, 0.1) is 0 Å². The van der Waals surface area contributed by atoms with Crippen molar-refractivity contribution in [1.29, 1.82) is 0 Å². The summed E-state index contributed by atoms with van der Waals surface area (Å²) in [6, 6.07) is 10.3. The fourth-order valence-electron chi connectivity index (χ4n) is 3.61. The number of ether oxygens (including phenoxy) is 1. The van der Waals surface area contributed by atoms with E-state index in [-0.39, 0.29) is 17.2 Å². The standard InChI is InChI=1S/C23H28Cl2N2O4S2/c1-31-22-8-7-20(33(29,30)27-11-2-3-12-27)14-17(22)5-9-23(28)26-10-13-32-16-18-4-6-19(24)15-21(18)25/h4,6-8,14-15H,2-3,5,9-13,16H2,1H3,(H,26,28). The van der Waals surface area contributed by atoms with E-state index in [1.165, 1.54) is 11.4 Å². The summed E-state index contributed by atoms with van der Waals surface area (Å²) < 4.78 is 32.6. The van der Waals surface area contributed by atoms with Gasteiger partial charge in [0, 0.05) is 47.6 Å². The second-order valence-electron chi connectivity index (χ2n) is 7.72. The molecule has 1 N–H and O–H groups in total. The molecular weight excluding hydrogens is 503 g/mol. The predicted molar refractivity (Wildman–Crippen MR) is 135 cm³/mol. The zero-order valence-electron chi connectivity index (χ0n) is 18.5. The van der Waals surface area contributed by atoms with Crippen LogP contribution in [0.25, 0.3) is 0 Å². The number of methoxy groups -OCH3 is 1. The number of nitrogens with one attached hydrogen (secondary N) is 1. The number of sulfonamides is 1.